The number of phenols is 1. The zero-order chi connectivity index (χ0) is 18.9. The molecule has 1 atom stereocenters. The summed E-state index contributed by atoms with van der Waals surface area (Å²) in [6.45, 7) is 12.3. The fourth-order valence-corrected chi connectivity index (χ4v) is 3.63. The van der Waals surface area contributed by atoms with Gasteiger partial charge in [-0.3, -0.25) is 0 Å². The van der Waals surface area contributed by atoms with Crippen LogP contribution in [0.4, 0.5) is 4.39 Å². The quantitative estimate of drug-likeness (QED) is 0.692. The van der Waals surface area contributed by atoms with Gasteiger partial charge in [-0.2, -0.15) is 0 Å². The van der Waals surface area contributed by atoms with Crippen molar-refractivity contribution in [1.29, 1.82) is 0 Å². The standard InChI is InChI=1S/C22H29FO2/c1-7-16-18(12(2)3)11-19(13(4)5)21(14(6)24)22(16)17-9-8-15(23)10-20(17)25/h8-14,24-25H,7H2,1-6H3. The summed E-state index contributed by atoms with van der Waals surface area (Å²) in [6.07, 6.45) is 0.0981. The van der Waals surface area contributed by atoms with E-state index in [-0.39, 0.29) is 11.7 Å². The largest absolute Gasteiger partial charge is 0.507 e. The van der Waals surface area contributed by atoms with Crippen molar-refractivity contribution in [1.82, 2.24) is 0 Å². The summed E-state index contributed by atoms with van der Waals surface area (Å²) >= 11 is 0. The molecular formula is C22H29FO2. The highest BCUT2D eigenvalue weighted by atomic mass is 19.1. The van der Waals surface area contributed by atoms with Crippen LogP contribution in [0.2, 0.25) is 0 Å². The first-order valence-electron chi connectivity index (χ1n) is 9.05. The molecule has 2 aromatic carbocycles. The molecule has 0 radical (unpaired) electrons. The van der Waals surface area contributed by atoms with E-state index in [2.05, 4.69) is 40.7 Å². The normalized spacial score (nSPS) is 12.9. The van der Waals surface area contributed by atoms with Gasteiger partial charge in [-0.25, -0.2) is 4.39 Å². The minimum Gasteiger partial charge on any atom is -0.507 e. The molecule has 0 saturated carbocycles. The molecule has 0 amide bonds. The highest BCUT2D eigenvalue weighted by Crippen LogP contribution is 2.44. The summed E-state index contributed by atoms with van der Waals surface area (Å²) in [5.41, 5.74) is 5.67. The molecule has 3 heteroatoms. The van der Waals surface area contributed by atoms with E-state index in [9.17, 15) is 14.6 Å². The van der Waals surface area contributed by atoms with Crippen LogP contribution in [0.1, 0.15) is 81.7 Å². The van der Waals surface area contributed by atoms with E-state index in [1.165, 1.54) is 11.6 Å². The van der Waals surface area contributed by atoms with Gasteiger partial charge in [-0.15, -0.1) is 0 Å². The lowest BCUT2D eigenvalue weighted by atomic mass is 9.79. The Balaban J connectivity index is 3.00. The average Bonchev–Trinajstić information content (AvgIpc) is 2.52. The number of rotatable bonds is 5. The molecule has 1 unspecified atom stereocenters. The molecule has 0 aliphatic heterocycles. The van der Waals surface area contributed by atoms with Crippen molar-refractivity contribution in [2.45, 2.75) is 65.9 Å². The van der Waals surface area contributed by atoms with Crippen molar-refractivity contribution in [3.63, 3.8) is 0 Å². The SMILES string of the molecule is CCc1c(C(C)C)cc(C(C)C)c(C(C)O)c1-c1ccc(F)cc1O. The number of hydrogen-bond donors (Lipinski definition) is 2. The smallest absolute Gasteiger partial charge is 0.126 e. The van der Waals surface area contributed by atoms with E-state index in [0.29, 0.717) is 11.5 Å². The molecule has 2 aromatic rings. The van der Waals surface area contributed by atoms with E-state index in [0.717, 1.165) is 34.7 Å². The number of phenolic OH excluding ortho intramolecular Hbond substituents is 1. The molecule has 2 rings (SSSR count). The third-order valence-corrected chi connectivity index (χ3v) is 4.79. The Morgan fingerprint density at radius 2 is 1.56 bits per heavy atom. The topological polar surface area (TPSA) is 40.5 Å². The van der Waals surface area contributed by atoms with E-state index in [1.54, 1.807) is 13.0 Å². The summed E-state index contributed by atoms with van der Waals surface area (Å²) in [5, 5.41) is 20.9. The van der Waals surface area contributed by atoms with Gasteiger partial charge in [-0.05, 0) is 65.1 Å². The highest BCUT2D eigenvalue weighted by molar-refractivity contribution is 5.79. The number of halogens is 1. The van der Waals surface area contributed by atoms with Crippen LogP contribution in [0.15, 0.2) is 24.3 Å². The third kappa shape index (κ3) is 3.72. The molecular weight excluding hydrogens is 315 g/mol. The predicted molar refractivity (Wildman–Crippen MR) is 102 cm³/mol. The second-order valence-electron chi connectivity index (χ2n) is 7.32. The molecule has 0 aliphatic carbocycles. The van der Waals surface area contributed by atoms with Gasteiger partial charge < -0.3 is 10.2 Å². The lowest BCUT2D eigenvalue weighted by molar-refractivity contribution is 0.198. The minimum absolute atomic E-state index is 0.0905. The van der Waals surface area contributed by atoms with Gasteiger partial charge in [-0.1, -0.05) is 40.7 Å². The number of aliphatic hydroxyl groups is 1. The zero-order valence-electron chi connectivity index (χ0n) is 16.0. The van der Waals surface area contributed by atoms with Gasteiger partial charge in [0.1, 0.15) is 11.6 Å². The van der Waals surface area contributed by atoms with Crippen molar-refractivity contribution in [3.8, 4) is 16.9 Å². The van der Waals surface area contributed by atoms with Crippen molar-refractivity contribution in [3.05, 3.63) is 52.3 Å². The van der Waals surface area contributed by atoms with Crippen LogP contribution in [0.25, 0.3) is 11.1 Å². The Bertz CT molecular complexity index is 761. The third-order valence-electron chi connectivity index (χ3n) is 4.79. The maximum absolute atomic E-state index is 13.5. The minimum atomic E-state index is -0.677. The molecule has 0 bridgehead atoms. The van der Waals surface area contributed by atoms with Crippen molar-refractivity contribution in [2.75, 3.05) is 0 Å². The number of hydrogen-bond acceptors (Lipinski definition) is 2. The molecule has 25 heavy (non-hydrogen) atoms. The van der Waals surface area contributed by atoms with E-state index >= 15 is 0 Å². The van der Waals surface area contributed by atoms with Crippen LogP contribution in [0.3, 0.4) is 0 Å². The molecule has 0 aromatic heterocycles. The van der Waals surface area contributed by atoms with Crippen LogP contribution in [0.5, 0.6) is 5.75 Å². The first kappa shape index (κ1) is 19.5. The molecule has 2 nitrogen and oxygen atoms in total. The Morgan fingerprint density at radius 3 is 2.00 bits per heavy atom. The second kappa shape index (κ2) is 7.57. The van der Waals surface area contributed by atoms with Crippen molar-refractivity contribution in [2.24, 2.45) is 0 Å². The number of aliphatic hydroxyl groups excluding tert-OH is 1. The lowest BCUT2D eigenvalue weighted by Crippen LogP contribution is -2.10. The van der Waals surface area contributed by atoms with Gasteiger partial charge in [0.25, 0.3) is 0 Å². The fourth-order valence-electron chi connectivity index (χ4n) is 3.63. The Morgan fingerprint density at radius 1 is 0.960 bits per heavy atom. The van der Waals surface area contributed by atoms with Gasteiger partial charge in [0, 0.05) is 11.6 Å². The van der Waals surface area contributed by atoms with Gasteiger partial charge >= 0.3 is 0 Å². The van der Waals surface area contributed by atoms with E-state index in [4.69, 9.17) is 0 Å². The van der Waals surface area contributed by atoms with Crippen molar-refractivity contribution >= 4 is 0 Å². The van der Waals surface area contributed by atoms with Crippen LogP contribution < -0.4 is 0 Å². The summed E-state index contributed by atoms with van der Waals surface area (Å²) in [7, 11) is 0. The summed E-state index contributed by atoms with van der Waals surface area (Å²) in [5.74, 6) is -0.0135. The fraction of sp³-hybridized carbons (Fsp3) is 0.455. The van der Waals surface area contributed by atoms with E-state index in [1.807, 2.05) is 0 Å². The zero-order valence-corrected chi connectivity index (χ0v) is 16.0. The van der Waals surface area contributed by atoms with E-state index < -0.39 is 11.9 Å². The number of aromatic hydroxyl groups is 1. The van der Waals surface area contributed by atoms with Gasteiger partial charge in [0.2, 0.25) is 0 Å². The number of benzene rings is 2. The molecule has 0 aliphatic rings. The monoisotopic (exact) mass is 344 g/mol. The molecule has 0 saturated heterocycles. The Kier molecular flexibility index (Phi) is 5.89. The maximum Gasteiger partial charge on any atom is 0.126 e. The van der Waals surface area contributed by atoms with Gasteiger partial charge in [0.05, 0.1) is 6.10 Å². The van der Waals surface area contributed by atoms with Crippen molar-refractivity contribution < 1.29 is 14.6 Å². The van der Waals surface area contributed by atoms with Crippen LogP contribution >= 0.6 is 0 Å². The lowest BCUT2D eigenvalue weighted by Gasteiger charge is -2.27. The molecule has 136 valence electrons. The summed E-state index contributed by atoms with van der Waals surface area (Å²) in [4.78, 5) is 0. The molecule has 2 N–H and O–H groups in total. The highest BCUT2D eigenvalue weighted by Gasteiger charge is 2.25. The van der Waals surface area contributed by atoms with Crippen LogP contribution in [-0.4, -0.2) is 10.2 Å². The van der Waals surface area contributed by atoms with Gasteiger partial charge in [0.15, 0.2) is 0 Å². The maximum atomic E-state index is 13.5. The first-order chi connectivity index (χ1) is 11.7. The summed E-state index contributed by atoms with van der Waals surface area (Å²) in [6, 6.07) is 6.30. The average molecular weight is 344 g/mol. The summed E-state index contributed by atoms with van der Waals surface area (Å²) < 4.78 is 13.5. The molecule has 0 fully saturated rings. The van der Waals surface area contributed by atoms with Crippen LogP contribution in [-0.2, 0) is 6.42 Å². The Labute approximate surface area is 150 Å². The molecule has 0 spiro atoms. The Hall–Kier alpha value is -1.87. The van der Waals surface area contributed by atoms with Crippen LogP contribution in [0, 0.1) is 5.82 Å². The molecule has 0 heterocycles. The first-order valence-corrected chi connectivity index (χ1v) is 9.05. The predicted octanol–water partition coefficient (Wildman–Crippen LogP) is 6.06. The second-order valence-corrected chi connectivity index (χ2v) is 7.32.